The van der Waals surface area contributed by atoms with Crippen LogP contribution in [-0.2, 0) is 0 Å². The second kappa shape index (κ2) is 9.17. The van der Waals surface area contributed by atoms with Crippen molar-refractivity contribution >= 4 is 32.6 Å². The Bertz CT molecular complexity index is 933. The third-order valence-corrected chi connectivity index (χ3v) is 6.16. The van der Waals surface area contributed by atoms with Crippen LogP contribution in [0.2, 0.25) is 0 Å². The van der Waals surface area contributed by atoms with Gasteiger partial charge in [0.05, 0.1) is 43.5 Å². The molecule has 0 aliphatic heterocycles. The van der Waals surface area contributed by atoms with E-state index in [0.717, 1.165) is 46.3 Å². The number of methoxy groups -OCH3 is 1. The van der Waals surface area contributed by atoms with Crippen LogP contribution in [0.5, 0.6) is 5.75 Å². The van der Waals surface area contributed by atoms with Crippen molar-refractivity contribution in [3.63, 3.8) is 0 Å². The van der Waals surface area contributed by atoms with Crippen LogP contribution in [-0.4, -0.2) is 44.2 Å². The number of carbonyl (C=O) groups excluding carboxylic acids is 1. The third-order valence-electron chi connectivity index (χ3n) is 5.11. The smallest absolute Gasteiger partial charge is 0.260 e. The molecule has 0 radical (unpaired) electrons. The maximum atomic E-state index is 13.3. The molecule has 2 aromatic carbocycles. The van der Waals surface area contributed by atoms with Gasteiger partial charge in [-0.25, -0.2) is 4.98 Å². The fourth-order valence-electron chi connectivity index (χ4n) is 3.24. The van der Waals surface area contributed by atoms with E-state index in [9.17, 15) is 4.79 Å². The highest BCUT2D eigenvalue weighted by Gasteiger charge is 2.23. The van der Waals surface area contributed by atoms with Gasteiger partial charge in [-0.3, -0.25) is 9.69 Å². The molecule has 1 aromatic heterocycles. The minimum absolute atomic E-state index is 0.0223. The second-order valence-electron chi connectivity index (χ2n) is 6.81. The highest BCUT2D eigenvalue weighted by Crippen LogP contribution is 2.31. The summed E-state index contributed by atoms with van der Waals surface area (Å²) in [4.78, 5) is 21.4. The molecule has 0 aliphatic carbocycles. The average molecular weight is 399 g/mol. The molecule has 0 aliphatic rings. The van der Waals surface area contributed by atoms with Crippen LogP contribution in [0.4, 0.5) is 5.13 Å². The van der Waals surface area contributed by atoms with E-state index in [-0.39, 0.29) is 5.91 Å². The zero-order chi connectivity index (χ0) is 20.1. The van der Waals surface area contributed by atoms with Crippen LogP contribution in [0.1, 0.15) is 29.8 Å². The number of carbonyl (C=O) groups is 1. The highest BCUT2D eigenvalue weighted by molar-refractivity contribution is 7.22. The molecule has 6 heteroatoms. The van der Waals surface area contributed by atoms with E-state index in [1.165, 1.54) is 4.90 Å². The Hall–Kier alpha value is -2.44. The number of quaternary nitrogens is 1. The van der Waals surface area contributed by atoms with Gasteiger partial charge < -0.3 is 9.64 Å². The molecule has 3 rings (SSSR count). The predicted octanol–water partition coefficient (Wildman–Crippen LogP) is 3.18. The number of benzene rings is 2. The lowest BCUT2D eigenvalue weighted by Crippen LogP contribution is -3.12. The lowest BCUT2D eigenvalue weighted by molar-refractivity contribution is -0.894. The molecule has 0 fully saturated rings. The van der Waals surface area contributed by atoms with Crippen LogP contribution in [0.3, 0.4) is 0 Å². The standard InChI is InChI=1S/C22H27N3O2S/c1-5-24(6-2)14-15-25(21(26)17-10-12-18(27-4)13-11-17)22-23-20-16(3)8-7-9-19(20)28-22/h7-13H,5-6,14-15H2,1-4H3/p+1. The minimum atomic E-state index is -0.0223. The molecule has 1 heterocycles. The summed E-state index contributed by atoms with van der Waals surface area (Å²) in [6.07, 6.45) is 0. The Morgan fingerprint density at radius 3 is 2.46 bits per heavy atom. The van der Waals surface area contributed by atoms with Gasteiger partial charge in [0, 0.05) is 5.56 Å². The highest BCUT2D eigenvalue weighted by atomic mass is 32.1. The van der Waals surface area contributed by atoms with Crippen molar-refractivity contribution in [3.8, 4) is 5.75 Å². The van der Waals surface area contributed by atoms with Gasteiger partial charge >= 0.3 is 0 Å². The van der Waals surface area contributed by atoms with Crippen molar-refractivity contribution in [2.45, 2.75) is 20.8 Å². The molecule has 5 nitrogen and oxygen atoms in total. The molecule has 1 N–H and O–H groups in total. The Balaban J connectivity index is 1.95. The molecule has 148 valence electrons. The number of likely N-dealkylation sites (N-methyl/N-ethyl adjacent to an activating group) is 1. The molecule has 0 saturated carbocycles. The molecule has 0 saturated heterocycles. The third kappa shape index (κ3) is 4.34. The number of rotatable bonds is 8. The van der Waals surface area contributed by atoms with Crippen LogP contribution in [0, 0.1) is 6.92 Å². The number of anilines is 1. The zero-order valence-corrected chi connectivity index (χ0v) is 17.8. The van der Waals surface area contributed by atoms with Crippen LogP contribution >= 0.6 is 11.3 Å². The molecule has 3 aromatic rings. The average Bonchev–Trinajstić information content (AvgIpc) is 3.16. The van der Waals surface area contributed by atoms with Crippen LogP contribution in [0.15, 0.2) is 42.5 Å². The van der Waals surface area contributed by atoms with E-state index < -0.39 is 0 Å². The molecule has 0 atom stereocenters. The molecular weight excluding hydrogens is 370 g/mol. The van der Waals surface area contributed by atoms with Gasteiger partial charge in [0.25, 0.3) is 5.91 Å². The van der Waals surface area contributed by atoms with Gasteiger partial charge in [-0.15, -0.1) is 0 Å². The summed E-state index contributed by atoms with van der Waals surface area (Å²) in [5.41, 5.74) is 2.75. The topological polar surface area (TPSA) is 46.9 Å². The maximum Gasteiger partial charge on any atom is 0.260 e. The molecular formula is C22H28N3O2S+. The largest absolute Gasteiger partial charge is 0.497 e. The van der Waals surface area contributed by atoms with Crippen molar-refractivity contribution in [1.82, 2.24) is 4.98 Å². The summed E-state index contributed by atoms with van der Waals surface area (Å²) in [5.74, 6) is 0.720. The first-order chi connectivity index (χ1) is 13.6. The van der Waals surface area contributed by atoms with E-state index in [0.29, 0.717) is 12.1 Å². The monoisotopic (exact) mass is 398 g/mol. The minimum Gasteiger partial charge on any atom is -0.497 e. The Morgan fingerprint density at radius 1 is 1.14 bits per heavy atom. The number of aromatic nitrogens is 1. The maximum absolute atomic E-state index is 13.3. The number of ether oxygens (including phenoxy) is 1. The van der Waals surface area contributed by atoms with Crippen molar-refractivity contribution in [3.05, 3.63) is 53.6 Å². The van der Waals surface area contributed by atoms with Gasteiger partial charge in [0.1, 0.15) is 5.75 Å². The SMILES string of the molecule is CC[NH+](CC)CCN(C(=O)c1ccc(OC)cc1)c1nc2c(C)cccc2s1. The summed E-state index contributed by atoms with van der Waals surface area (Å²) >= 11 is 1.58. The molecule has 28 heavy (non-hydrogen) atoms. The van der Waals surface area contributed by atoms with Gasteiger partial charge in [0.15, 0.2) is 5.13 Å². The molecule has 0 bridgehead atoms. The second-order valence-corrected chi connectivity index (χ2v) is 7.82. The van der Waals surface area contributed by atoms with Crippen LogP contribution < -0.4 is 14.5 Å². The van der Waals surface area contributed by atoms with Crippen LogP contribution in [0.25, 0.3) is 10.2 Å². The van der Waals surface area contributed by atoms with Gasteiger partial charge in [0.2, 0.25) is 0 Å². The van der Waals surface area contributed by atoms with Crippen molar-refractivity contribution < 1.29 is 14.4 Å². The first kappa shape index (κ1) is 20.3. The quantitative estimate of drug-likeness (QED) is 0.634. The van der Waals surface area contributed by atoms with Crippen molar-refractivity contribution in [1.29, 1.82) is 0 Å². The number of nitrogens with zero attached hydrogens (tertiary/aromatic N) is 2. The summed E-state index contributed by atoms with van der Waals surface area (Å²) < 4.78 is 6.33. The first-order valence-corrected chi connectivity index (χ1v) is 10.5. The molecule has 0 unspecified atom stereocenters. The lowest BCUT2D eigenvalue weighted by Gasteiger charge is -2.23. The van der Waals surface area contributed by atoms with E-state index in [2.05, 4.69) is 32.9 Å². The van der Waals surface area contributed by atoms with Gasteiger partial charge in [-0.05, 0) is 56.7 Å². The summed E-state index contributed by atoms with van der Waals surface area (Å²) in [7, 11) is 1.62. The summed E-state index contributed by atoms with van der Waals surface area (Å²) in [6, 6.07) is 13.4. The molecule has 1 amide bonds. The van der Waals surface area contributed by atoms with E-state index >= 15 is 0 Å². The van der Waals surface area contributed by atoms with Crippen molar-refractivity contribution in [2.75, 3.05) is 38.2 Å². The summed E-state index contributed by atoms with van der Waals surface area (Å²) in [5, 5.41) is 0.761. The number of fused-ring (bicyclic) bond motifs is 1. The van der Waals surface area contributed by atoms with E-state index in [4.69, 9.17) is 9.72 Å². The number of amides is 1. The number of hydrogen-bond acceptors (Lipinski definition) is 4. The number of aryl methyl sites for hydroxylation is 1. The number of para-hydroxylation sites is 1. The fraction of sp³-hybridized carbons (Fsp3) is 0.364. The number of hydrogen-bond donors (Lipinski definition) is 1. The zero-order valence-electron chi connectivity index (χ0n) is 17.0. The summed E-state index contributed by atoms with van der Waals surface area (Å²) in [6.45, 7) is 10.0. The lowest BCUT2D eigenvalue weighted by atomic mass is 10.2. The van der Waals surface area contributed by atoms with Crippen molar-refractivity contribution in [2.24, 2.45) is 0 Å². The van der Waals surface area contributed by atoms with Gasteiger partial charge in [-0.1, -0.05) is 23.5 Å². The normalized spacial score (nSPS) is 11.2. The predicted molar refractivity (Wildman–Crippen MR) is 116 cm³/mol. The van der Waals surface area contributed by atoms with E-state index in [1.54, 1.807) is 18.4 Å². The Morgan fingerprint density at radius 2 is 1.86 bits per heavy atom. The number of nitrogens with one attached hydrogen (secondary N) is 1. The number of thiazole rings is 1. The fourth-order valence-corrected chi connectivity index (χ4v) is 4.30. The first-order valence-electron chi connectivity index (χ1n) is 9.73. The van der Waals surface area contributed by atoms with E-state index in [1.807, 2.05) is 35.2 Å². The molecule has 0 spiro atoms. The van der Waals surface area contributed by atoms with Gasteiger partial charge in [-0.2, -0.15) is 0 Å². The Kier molecular flexibility index (Phi) is 6.65. The Labute approximate surface area is 170 Å².